The van der Waals surface area contributed by atoms with E-state index in [1.165, 1.54) is 4.31 Å². The lowest BCUT2D eigenvalue weighted by atomic mass is 10.1. The monoisotopic (exact) mass is 401 g/mol. The lowest BCUT2D eigenvalue weighted by molar-refractivity contribution is 0.354. The molecule has 0 aliphatic heterocycles. The van der Waals surface area contributed by atoms with E-state index in [0.717, 1.165) is 5.56 Å². The van der Waals surface area contributed by atoms with Crippen LogP contribution < -0.4 is 4.74 Å². The first-order valence-corrected chi connectivity index (χ1v) is 10.2. The van der Waals surface area contributed by atoms with Gasteiger partial charge in [0.05, 0.1) is 22.9 Å². The van der Waals surface area contributed by atoms with E-state index in [4.69, 9.17) is 27.9 Å². The van der Waals surface area contributed by atoms with Gasteiger partial charge in [-0.15, -0.1) is 0 Å². The van der Waals surface area contributed by atoms with Crippen LogP contribution in [-0.4, -0.2) is 26.4 Å². The van der Waals surface area contributed by atoms with Crippen LogP contribution >= 0.6 is 23.2 Å². The van der Waals surface area contributed by atoms with Crippen molar-refractivity contribution >= 4 is 33.2 Å². The summed E-state index contributed by atoms with van der Waals surface area (Å²) >= 11 is 11.9. The van der Waals surface area contributed by atoms with Gasteiger partial charge in [-0.2, -0.15) is 4.31 Å². The van der Waals surface area contributed by atoms with Crippen LogP contribution in [0.2, 0.25) is 10.0 Å². The smallest absolute Gasteiger partial charge is 0.218 e. The van der Waals surface area contributed by atoms with Gasteiger partial charge in [-0.25, -0.2) is 8.42 Å². The summed E-state index contributed by atoms with van der Waals surface area (Å²) in [5.74, 6) is 0.564. The number of benzene rings is 2. The third-order valence-corrected chi connectivity index (χ3v) is 6.74. The van der Waals surface area contributed by atoms with E-state index in [0.29, 0.717) is 27.9 Å². The second-order valence-corrected chi connectivity index (χ2v) is 8.40. The van der Waals surface area contributed by atoms with Gasteiger partial charge in [-0.1, -0.05) is 48.3 Å². The molecule has 0 aliphatic rings. The summed E-state index contributed by atoms with van der Waals surface area (Å²) in [6.45, 7) is 4.05. The summed E-state index contributed by atoms with van der Waals surface area (Å²) < 4.78 is 32.5. The Morgan fingerprint density at radius 1 is 1.12 bits per heavy atom. The summed E-state index contributed by atoms with van der Waals surface area (Å²) in [5.41, 5.74) is 1.48. The Labute approximate surface area is 159 Å². The molecule has 0 amide bonds. The summed E-state index contributed by atoms with van der Waals surface area (Å²) in [5, 5.41) is 0.748. The first-order valence-electron chi connectivity index (χ1n) is 7.86. The standard InChI is InChI=1S/C18H21Cl2NO3S/c1-4-21(13(2)15-6-5-7-16(11-15)24-3)25(22,23)12-14-8-9-17(19)18(20)10-14/h5-11,13H,4,12H2,1-3H3. The summed E-state index contributed by atoms with van der Waals surface area (Å²) in [7, 11) is -1.95. The van der Waals surface area contributed by atoms with E-state index in [2.05, 4.69) is 0 Å². The first kappa shape index (κ1) is 20.0. The largest absolute Gasteiger partial charge is 0.497 e. The topological polar surface area (TPSA) is 46.6 Å². The molecular formula is C18H21Cl2NO3S. The van der Waals surface area contributed by atoms with Gasteiger partial charge in [0.25, 0.3) is 0 Å². The number of hydrogen-bond donors (Lipinski definition) is 0. The highest BCUT2D eigenvalue weighted by Gasteiger charge is 2.27. The molecule has 0 aliphatic carbocycles. The van der Waals surface area contributed by atoms with E-state index < -0.39 is 10.0 Å². The van der Waals surface area contributed by atoms with Crippen molar-refractivity contribution in [2.45, 2.75) is 25.6 Å². The molecule has 2 aromatic carbocycles. The fourth-order valence-corrected chi connectivity index (χ4v) is 4.79. The van der Waals surface area contributed by atoms with Crippen LogP contribution in [0.15, 0.2) is 42.5 Å². The third kappa shape index (κ3) is 4.88. The molecule has 0 aromatic heterocycles. The van der Waals surface area contributed by atoms with Crippen LogP contribution in [0.4, 0.5) is 0 Å². The van der Waals surface area contributed by atoms with Gasteiger partial charge in [-0.05, 0) is 42.3 Å². The van der Waals surface area contributed by atoms with Crippen LogP contribution in [-0.2, 0) is 15.8 Å². The van der Waals surface area contributed by atoms with Crippen LogP contribution in [0.3, 0.4) is 0 Å². The number of halogens is 2. The number of sulfonamides is 1. The van der Waals surface area contributed by atoms with Gasteiger partial charge in [-0.3, -0.25) is 0 Å². The molecule has 136 valence electrons. The maximum Gasteiger partial charge on any atom is 0.218 e. The average Bonchev–Trinajstić information content (AvgIpc) is 2.58. The molecule has 1 atom stereocenters. The molecule has 25 heavy (non-hydrogen) atoms. The molecule has 0 heterocycles. The Morgan fingerprint density at radius 3 is 2.44 bits per heavy atom. The van der Waals surface area contributed by atoms with Crippen molar-refractivity contribution in [2.24, 2.45) is 0 Å². The highest BCUT2D eigenvalue weighted by atomic mass is 35.5. The minimum atomic E-state index is -3.53. The van der Waals surface area contributed by atoms with Crippen molar-refractivity contribution in [3.63, 3.8) is 0 Å². The van der Waals surface area contributed by atoms with E-state index in [1.54, 1.807) is 25.3 Å². The van der Waals surface area contributed by atoms with E-state index in [1.807, 2.05) is 38.1 Å². The highest BCUT2D eigenvalue weighted by Crippen LogP contribution is 2.29. The number of rotatable bonds is 7. The van der Waals surface area contributed by atoms with E-state index in [9.17, 15) is 8.42 Å². The van der Waals surface area contributed by atoms with Crippen molar-refractivity contribution < 1.29 is 13.2 Å². The van der Waals surface area contributed by atoms with Crippen molar-refractivity contribution in [1.29, 1.82) is 0 Å². The molecule has 0 spiro atoms. The second-order valence-electron chi connectivity index (χ2n) is 5.66. The van der Waals surface area contributed by atoms with Crippen LogP contribution in [0.1, 0.15) is 31.0 Å². The van der Waals surface area contributed by atoms with Gasteiger partial charge in [0.2, 0.25) is 10.0 Å². The molecule has 4 nitrogen and oxygen atoms in total. The van der Waals surface area contributed by atoms with Crippen LogP contribution in [0.25, 0.3) is 0 Å². The molecular weight excluding hydrogens is 381 g/mol. The quantitative estimate of drug-likeness (QED) is 0.661. The lowest BCUT2D eigenvalue weighted by Crippen LogP contribution is -2.34. The molecule has 2 rings (SSSR count). The van der Waals surface area contributed by atoms with Gasteiger partial charge in [0, 0.05) is 12.6 Å². The van der Waals surface area contributed by atoms with Crippen molar-refractivity contribution in [1.82, 2.24) is 4.31 Å². The molecule has 1 unspecified atom stereocenters. The van der Waals surface area contributed by atoms with Gasteiger partial charge in [0.1, 0.15) is 5.75 Å². The highest BCUT2D eigenvalue weighted by molar-refractivity contribution is 7.88. The minimum absolute atomic E-state index is 0.133. The molecule has 2 aromatic rings. The Kier molecular flexibility index (Phi) is 6.74. The van der Waals surface area contributed by atoms with Crippen molar-refractivity contribution in [3.8, 4) is 5.75 Å². The SMILES string of the molecule is CCN(C(C)c1cccc(OC)c1)S(=O)(=O)Cc1ccc(Cl)c(Cl)c1. The third-order valence-electron chi connectivity index (χ3n) is 4.01. The summed E-state index contributed by atoms with van der Waals surface area (Å²) in [4.78, 5) is 0. The Hall–Kier alpha value is -1.27. The second kappa shape index (κ2) is 8.41. The predicted octanol–water partition coefficient (Wildman–Crippen LogP) is 4.91. The maximum absolute atomic E-state index is 12.9. The minimum Gasteiger partial charge on any atom is -0.497 e. The summed E-state index contributed by atoms with van der Waals surface area (Å²) in [6.07, 6.45) is 0. The molecule has 0 N–H and O–H groups in total. The fraction of sp³-hybridized carbons (Fsp3) is 0.333. The zero-order valence-corrected chi connectivity index (χ0v) is 16.7. The predicted molar refractivity (Wildman–Crippen MR) is 103 cm³/mol. The maximum atomic E-state index is 12.9. The average molecular weight is 402 g/mol. The van der Waals surface area contributed by atoms with Crippen molar-refractivity contribution in [2.75, 3.05) is 13.7 Å². The zero-order valence-electron chi connectivity index (χ0n) is 14.4. The van der Waals surface area contributed by atoms with Crippen LogP contribution in [0.5, 0.6) is 5.75 Å². The lowest BCUT2D eigenvalue weighted by Gasteiger charge is -2.28. The number of ether oxygens (including phenoxy) is 1. The molecule has 7 heteroatoms. The number of hydrogen-bond acceptors (Lipinski definition) is 3. The Bertz CT molecular complexity index is 840. The molecule has 0 bridgehead atoms. The number of nitrogens with zero attached hydrogens (tertiary/aromatic N) is 1. The Balaban J connectivity index is 2.28. The normalized spacial score (nSPS) is 13.0. The van der Waals surface area contributed by atoms with E-state index >= 15 is 0 Å². The van der Waals surface area contributed by atoms with Gasteiger partial charge in [0.15, 0.2) is 0 Å². The van der Waals surface area contributed by atoms with Crippen LogP contribution in [0, 0.1) is 0 Å². The van der Waals surface area contributed by atoms with Gasteiger partial charge >= 0.3 is 0 Å². The first-order chi connectivity index (χ1) is 11.8. The Morgan fingerprint density at radius 2 is 1.84 bits per heavy atom. The molecule has 0 saturated carbocycles. The van der Waals surface area contributed by atoms with E-state index in [-0.39, 0.29) is 11.8 Å². The summed E-state index contributed by atoms with van der Waals surface area (Å²) in [6, 6.07) is 12.0. The fourth-order valence-electron chi connectivity index (χ4n) is 2.70. The van der Waals surface area contributed by atoms with Gasteiger partial charge < -0.3 is 4.74 Å². The van der Waals surface area contributed by atoms with Crippen molar-refractivity contribution in [3.05, 3.63) is 63.6 Å². The zero-order chi connectivity index (χ0) is 18.6. The molecule has 0 saturated heterocycles. The molecule has 0 fully saturated rings. The number of methoxy groups -OCH3 is 1. The molecule has 0 radical (unpaired) electrons.